The Kier molecular flexibility index (Phi) is 4.08. The van der Waals surface area contributed by atoms with Crippen LogP contribution >= 0.6 is 0 Å². The van der Waals surface area contributed by atoms with Crippen molar-refractivity contribution in [2.75, 3.05) is 18.1 Å². The quantitative estimate of drug-likeness (QED) is 0.493. The van der Waals surface area contributed by atoms with Crippen molar-refractivity contribution < 1.29 is 14.2 Å². The fourth-order valence-corrected chi connectivity index (χ4v) is 3.52. The van der Waals surface area contributed by atoms with E-state index in [-0.39, 0.29) is 5.82 Å². The van der Waals surface area contributed by atoms with Gasteiger partial charge in [0, 0.05) is 5.39 Å². The van der Waals surface area contributed by atoms with Crippen molar-refractivity contribution in [3.63, 3.8) is 0 Å². The SMILES string of the molecule is CC(C)(O)C#Cc1cccc2c1OCCN2c1nc2nncn2c2ccc(F)cc12. The minimum atomic E-state index is -1.12. The highest BCUT2D eigenvalue weighted by Crippen LogP contribution is 2.40. The van der Waals surface area contributed by atoms with E-state index in [2.05, 4.69) is 27.0 Å². The minimum Gasteiger partial charge on any atom is -0.488 e. The first kappa shape index (κ1) is 18.3. The second-order valence-electron chi connectivity index (χ2n) is 7.56. The molecule has 0 fully saturated rings. The number of nitrogens with zero attached hydrogens (tertiary/aromatic N) is 5. The van der Waals surface area contributed by atoms with Crippen LogP contribution in [0.2, 0.25) is 0 Å². The lowest BCUT2D eigenvalue weighted by atomic mass is 10.1. The molecule has 0 saturated carbocycles. The summed E-state index contributed by atoms with van der Waals surface area (Å²) in [5.74, 6) is 7.07. The molecule has 0 unspecified atom stereocenters. The molecule has 0 saturated heterocycles. The van der Waals surface area contributed by atoms with Gasteiger partial charge in [-0.2, -0.15) is 4.98 Å². The van der Waals surface area contributed by atoms with Gasteiger partial charge in [-0.25, -0.2) is 4.39 Å². The fraction of sp³-hybridized carbons (Fsp3) is 0.227. The van der Waals surface area contributed by atoms with Gasteiger partial charge in [0.15, 0.2) is 5.75 Å². The third-order valence-electron chi connectivity index (χ3n) is 4.80. The second kappa shape index (κ2) is 6.68. The molecule has 0 amide bonds. The molecular weight excluding hydrogens is 385 g/mol. The molecule has 1 aliphatic heterocycles. The number of aromatic nitrogens is 4. The van der Waals surface area contributed by atoms with Gasteiger partial charge in [-0.15, -0.1) is 10.2 Å². The molecule has 2 aromatic carbocycles. The maximum atomic E-state index is 14.1. The van der Waals surface area contributed by atoms with Gasteiger partial charge in [0.25, 0.3) is 5.78 Å². The van der Waals surface area contributed by atoms with Gasteiger partial charge in [0.2, 0.25) is 0 Å². The van der Waals surface area contributed by atoms with E-state index in [0.717, 1.165) is 11.2 Å². The van der Waals surface area contributed by atoms with Crippen LogP contribution in [0.4, 0.5) is 15.9 Å². The van der Waals surface area contributed by atoms with Crippen molar-refractivity contribution in [1.82, 2.24) is 19.6 Å². The molecule has 0 spiro atoms. The van der Waals surface area contributed by atoms with E-state index in [1.807, 2.05) is 23.1 Å². The van der Waals surface area contributed by atoms with Crippen LogP contribution in [0.25, 0.3) is 16.7 Å². The largest absolute Gasteiger partial charge is 0.488 e. The second-order valence-corrected chi connectivity index (χ2v) is 7.56. The summed E-state index contributed by atoms with van der Waals surface area (Å²) in [6.07, 6.45) is 1.56. The average molecular weight is 403 g/mol. The summed E-state index contributed by atoms with van der Waals surface area (Å²) < 4.78 is 21.8. The topological polar surface area (TPSA) is 75.8 Å². The third-order valence-corrected chi connectivity index (χ3v) is 4.80. The summed E-state index contributed by atoms with van der Waals surface area (Å²) in [6, 6.07) is 10.2. The number of ether oxygens (including phenoxy) is 1. The maximum Gasteiger partial charge on any atom is 0.257 e. The van der Waals surface area contributed by atoms with E-state index < -0.39 is 5.60 Å². The highest BCUT2D eigenvalue weighted by Gasteiger charge is 2.25. The predicted octanol–water partition coefficient (Wildman–Crippen LogP) is 3.07. The Morgan fingerprint density at radius 3 is 2.93 bits per heavy atom. The maximum absolute atomic E-state index is 14.1. The summed E-state index contributed by atoms with van der Waals surface area (Å²) >= 11 is 0. The van der Waals surface area contributed by atoms with Crippen LogP contribution < -0.4 is 9.64 Å². The first-order valence-electron chi connectivity index (χ1n) is 9.49. The summed E-state index contributed by atoms with van der Waals surface area (Å²) in [5.41, 5.74) is 1.07. The van der Waals surface area contributed by atoms with Gasteiger partial charge in [-0.05, 0) is 44.2 Å². The van der Waals surface area contributed by atoms with E-state index >= 15 is 0 Å². The molecule has 1 aliphatic rings. The lowest BCUT2D eigenvalue weighted by Crippen LogP contribution is -2.30. The molecule has 30 heavy (non-hydrogen) atoms. The van der Waals surface area contributed by atoms with Crippen LogP contribution in [0.3, 0.4) is 0 Å². The molecule has 7 nitrogen and oxygen atoms in total. The fourth-order valence-electron chi connectivity index (χ4n) is 3.52. The molecule has 8 heteroatoms. The number of hydrogen-bond acceptors (Lipinski definition) is 6. The molecule has 4 aromatic rings. The first-order chi connectivity index (χ1) is 14.4. The highest BCUT2D eigenvalue weighted by atomic mass is 19.1. The summed E-state index contributed by atoms with van der Waals surface area (Å²) in [4.78, 5) is 6.64. The van der Waals surface area contributed by atoms with E-state index in [0.29, 0.717) is 41.4 Å². The van der Waals surface area contributed by atoms with Crippen LogP contribution in [0.1, 0.15) is 19.4 Å². The van der Waals surface area contributed by atoms with Gasteiger partial charge in [-0.1, -0.05) is 17.9 Å². The number of halogens is 1. The number of aliphatic hydroxyl groups is 1. The Morgan fingerprint density at radius 2 is 2.10 bits per heavy atom. The standard InChI is InChI=1S/C22H18FN5O2/c1-22(2,29)9-8-14-4-3-5-18-19(14)30-11-10-27(18)20-16-12-15(23)6-7-17(16)28-13-24-26-21(28)25-20/h3-7,12-13,29H,10-11H2,1-2H3. The molecule has 3 heterocycles. The zero-order chi connectivity index (χ0) is 20.9. The van der Waals surface area contributed by atoms with Crippen molar-refractivity contribution in [2.45, 2.75) is 19.4 Å². The molecule has 2 aromatic heterocycles. The Balaban J connectivity index is 1.73. The molecule has 0 aliphatic carbocycles. The van der Waals surface area contributed by atoms with E-state index in [1.165, 1.54) is 12.1 Å². The van der Waals surface area contributed by atoms with Gasteiger partial charge in [0.05, 0.1) is 23.3 Å². The van der Waals surface area contributed by atoms with Gasteiger partial charge in [-0.3, -0.25) is 4.40 Å². The highest BCUT2D eigenvalue weighted by molar-refractivity contribution is 5.94. The molecule has 1 N–H and O–H groups in total. The van der Waals surface area contributed by atoms with Gasteiger partial charge < -0.3 is 14.7 Å². The van der Waals surface area contributed by atoms with Gasteiger partial charge in [0.1, 0.15) is 30.2 Å². The lowest BCUT2D eigenvalue weighted by molar-refractivity contribution is 0.143. The van der Waals surface area contributed by atoms with Crippen molar-refractivity contribution in [3.8, 4) is 17.6 Å². The smallest absolute Gasteiger partial charge is 0.257 e. The number of hydrogen-bond donors (Lipinski definition) is 1. The van der Waals surface area contributed by atoms with Crippen LogP contribution in [-0.4, -0.2) is 43.4 Å². The normalized spacial score (nSPS) is 13.7. The molecular formula is C22H18FN5O2. The Morgan fingerprint density at radius 1 is 1.23 bits per heavy atom. The minimum absolute atomic E-state index is 0.351. The van der Waals surface area contributed by atoms with Crippen molar-refractivity contribution in [1.29, 1.82) is 0 Å². The van der Waals surface area contributed by atoms with Crippen molar-refractivity contribution in [2.24, 2.45) is 0 Å². The predicted molar refractivity (Wildman–Crippen MR) is 110 cm³/mol. The van der Waals surface area contributed by atoms with Crippen molar-refractivity contribution >= 4 is 28.2 Å². The van der Waals surface area contributed by atoms with Gasteiger partial charge >= 0.3 is 0 Å². The van der Waals surface area contributed by atoms with E-state index in [1.54, 1.807) is 30.6 Å². The molecule has 5 rings (SSSR count). The Bertz CT molecular complexity index is 1350. The number of fused-ring (bicyclic) bond motifs is 4. The average Bonchev–Trinajstić information content (AvgIpc) is 3.19. The number of benzene rings is 2. The zero-order valence-corrected chi connectivity index (χ0v) is 16.4. The van der Waals surface area contributed by atoms with Crippen LogP contribution in [-0.2, 0) is 0 Å². The molecule has 150 valence electrons. The summed E-state index contributed by atoms with van der Waals surface area (Å²) in [5, 5.41) is 18.6. The van der Waals surface area contributed by atoms with Crippen LogP contribution in [0, 0.1) is 17.7 Å². The van der Waals surface area contributed by atoms with Crippen LogP contribution in [0.5, 0.6) is 5.75 Å². The molecule has 0 atom stereocenters. The first-order valence-corrected chi connectivity index (χ1v) is 9.49. The molecule has 0 bridgehead atoms. The zero-order valence-electron chi connectivity index (χ0n) is 16.4. The van der Waals surface area contributed by atoms with Crippen molar-refractivity contribution in [3.05, 3.63) is 54.1 Å². The monoisotopic (exact) mass is 403 g/mol. The Hall–Kier alpha value is -3.70. The van der Waals surface area contributed by atoms with Crippen LogP contribution in [0.15, 0.2) is 42.7 Å². The summed E-state index contributed by atoms with van der Waals surface area (Å²) in [7, 11) is 0. The third kappa shape index (κ3) is 3.09. The van der Waals surface area contributed by atoms with E-state index in [9.17, 15) is 9.50 Å². The summed E-state index contributed by atoms with van der Waals surface area (Å²) in [6.45, 7) is 4.19. The Labute approximate surface area is 171 Å². The van der Waals surface area contributed by atoms with E-state index in [4.69, 9.17) is 4.74 Å². The number of rotatable bonds is 1. The molecule has 0 radical (unpaired) electrons. The number of anilines is 2. The lowest BCUT2D eigenvalue weighted by Gasteiger charge is -2.31. The number of para-hydroxylation sites is 1.